The number of allylic oxidation sites excluding steroid dienone is 4. The first kappa shape index (κ1) is 16.2. The fraction of sp³-hybridized carbons (Fsp3) is 0.733. The quantitative estimate of drug-likeness (QED) is 0.614. The van der Waals surface area contributed by atoms with Crippen molar-refractivity contribution in [3.8, 4) is 0 Å². The summed E-state index contributed by atoms with van der Waals surface area (Å²) >= 11 is 0. The minimum absolute atomic E-state index is 0.322. The third kappa shape index (κ3) is 2.68. The van der Waals surface area contributed by atoms with Gasteiger partial charge in [0.1, 0.15) is 0 Å². The first-order valence-corrected chi connectivity index (χ1v) is 17.6. The highest BCUT2D eigenvalue weighted by molar-refractivity contribution is 7.61. The monoisotopic (exact) mass is 295 g/mol. The maximum absolute atomic E-state index is 2.63. The molecule has 0 aromatic heterocycles. The molecule has 103 valence electrons. The van der Waals surface area contributed by atoms with Gasteiger partial charge in [0.2, 0.25) is 0 Å². The first-order chi connectivity index (χ1) is 7.82. The lowest BCUT2D eigenvalue weighted by molar-refractivity contribution is 0.887. The second-order valence-electron chi connectivity index (χ2n) is 8.15. The van der Waals surface area contributed by atoms with Crippen LogP contribution in [-0.2, 0) is 0 Å². The molecule has 0 aliphatic heterocycles. The van der Waals surface area contributed by atoms with Gasteiger partial charge < -0.3 is 0 Å². The molecule has 0 aromatic rings. The third-order valence-corrected chi connectivity index (χ3v) is 34.6. The lowest BCUT2D eigenvalue weighted by Gasteiger charge is -2.47. The van der Waals surface area contributed by atoms with Crippen LogP contribution in [0.2, 0.25) is 44.3 Å². The van der Waals surface area contributed by atoms with E-state index < -0.39 is 15.2 Å². The zero-order valence-corrected chi connectivity index (χ0v) is 17.1. The second-order valence-corrected chi connectivity index (χ2v) is 32.4. The average molecular weight is 296 g/mol. The smallest absolute Gasteiger partial charge is 0.0505 e. The lowest BCUT2D eigenvalue weighted by Crippen LogP contribution is -2.64. The molecule has 0 fully saturated rings. The lowest BCUT2D eigenvalue weighted by atomic mass is 10.0. The Morgan fingerprint density at radius 2 is 1.28 bits per heavy atom. The Bertz CT molecular complexity index is 390. The van der Waals surface area contributed by atoms with Crippen LogP contribution in [0.1, 0.15) is 27.7 Å². The van der Waals surface area contributed by atoms with E-state index >= 15 is 0 Å². The van der Waals surface area contributed by atoms with E-state index in [9.17, 15) is 0 Å². The summed E-state index contributed by atoms with van der Waals surface area (Å²) in [5.41, 5.74) is 4.78. The summed E-state index contributed by atoms with van der Waals surface area (Å²) < 4.78 is 0. The fourth-order valence-corrected chi connectivity index (χ4v) is 48.5. The predicted octanol–water partition coefficient (Wildman–Crippen LogP) is 5.37. The van der Waals surface area contributed by atoms with Crippen LogP contribution in [0.25, 0.3) is 0 Å². The number of hydrogen-bond acceptors (Lipinski definition) is 0. The van der Waals surface area contributed by atoms with E-state index in [-0.39, 0.29) is 7.83 Å². The molecule has 0 heterocycles. The Balaban J connectivity index is 3.43. The third-order valence-electron chi connectivity index (χ3n) is 4.46. The topological polar surface area (TPSA) is 0 Å². The van der Waals surface area contributed by atoms with Gasteiger partial charge in [-0.1, -0.05) is 63.4 Å². The van der Waals surface area contributed by atoms with E-state index in [2.05, 4.69) is 73.1 Å². The minimum Gasteiger partial charge on any atom is -0.0749 e. The highest BCUT2D eigenvalue weighted by atomic mass is 29.6. The van der Waals surface area contributed by atoms with Crippen molar-refractivity contribution in [1.82, 2.24) is 0 Å². The van der Waals surface area contributed by atoms with E-state index in [1.165, 1.54) is 5.57 Å². The molecule has 0 spiro atoms. The second kappa shape index (κ2) is 4.60. The van der Waals surface area contributed by atoms with Gasteiger partial charge >= 0.3 is 0 Å². The highest BCUT2D eigenvalue weighted by Gasteiger charge is 2.51. The predicted molar refractivity (Wildman–Crippen MR) is 92.9 cm³/mol. The van der Waals surface area contributed by atoms with Gasteiger partial charge in [0.05, 0.1) is 7.83 Å². The fourth-order valence-electron chi connectivity index (χ4n) is 4.28. The van der Waals surface area contributed by atoms with Crippen molar-refractivity contribution in [2.45, 2.75) is 72.0 Å². The van der Waals surface area contributed by atoms with Gasteiger partial charge in [-0.15, -0.1) is 0 Å². The van der Waals surface area contributed by atoms with E-state index in [4.69, 9.17) is 0 Å². The van der Waals surface area contributed by atoms with Gasteiger partial charge in [0, 0.05) is 15.2 Å². The molecule has 1 radical (unpaired) electrons. The molecule has 0 amide bonds. The van der Waals surface area contributed by atoms with Gasteiger partial charge in [0.25, 0.3) is 0 Å². The highest BCUT2D eigenvalue weighted by Crippen LogP contribution is 2.52. The number of rotatable bonds is 3. The maximum Gasteiger partial charge on any atom is 0.0505 e. The van der Waals surface area contributed by atoms with E-state index in [1.807, 2.05) is 0 Å². The molecule has 0 bridgehead atoms. The summed E-state index contributed by atoms with van der Waals surface area (Å²) in [5.74, 6) is 0. The molecular weight excluding hydrogens is 264 g/mol. The summed E-state index contributed by atoms with van der Waals surface area (Å²) in [5, 5.41) is 0.424. The molecule has 3 heteroatoms. The molecule has 18 heavy (non-hydrogen) atoms. The van der Waals surface area contributed by atoms with Crippen molar-refractivity contribution in [3.05, 3.63) is 22.8 Å². The Morgan fingerprint density at radius 1 is 0.889 bits per heavy atom. The Morgan fingerprint density at radius 3 is 1.50 bits per heavy atom. The number of hydrogen-bond donors (Lipinski definition) is 0. The van der Waals surface area contributed by atoms with Crippen molar-refractivity contribution in [2.24, 2.45) is 0 Å². The van der Waals surface area contributed by atoms with Crippen LogP contribution in [0.5, 0.6) is 0 Å². The van der Waals surface area contributed by atoms with Crippen LogP contribution in [0.4, 0.5) is 0 Å². The Labute approximate surface area is 118 Å². The summed E-state index contributed by atoms with van der Waals surface area (Å²) in [6, 6.07) is 0. The van der Waals surface area contributed by atoms with Crippen LogP contribution in [-0.4, -0.2) is 23.0 Å². The molecule has 1 unspecified atom stereocenters. The van der Waals surface area contributed by atoms with E-state index in [1.54, 1.807) is 11.1 Å². The zero-order chi connectivity index (χ0) is 14.5. The van der Waals surface area contributed by atoms with Gasteiger partial charge in [-0.05, 0) is 31.4 Å². The van der Waals surface area contributed by atoms with Crippen LogP contribution in [0, 0.1) is 0 Å². The molecule has 0 nitrogen and oxygen atoms in total. The maximum atomic E-state index is 2.63. The molecule has 0 N–H and O–H groups in total. The van der Waals surface area contributed by atoms with Crippen LogP contribution >= 0.6 is 0 Å². The molecular formula is C15H31Si3. The molecule has 0 aromatic carbocycles. The standard InChI is InChI=1S/C15H31Si3/c1-12-11-15(4,14(3)13(12)2)16(17(5,6)7)18(8,9)10/h11H,1-10H3. The van der Waals surface area contributed by atoms with Gasteiger partial charge in [0.15, 0.2) is 0 Å². The molecule has 1 atom stereocenters. The molecule has 1 rings (SSSR count). The summed E-state index contributed by atoms with van der Waals surface area (Å²) in [6.07, 6.45) is 2.63. The minimum atomic E-state index is -1.08. The molecule has 0 saturated carbocycles. The summed E-state index contributed by atoms with van der Waals surface area (Å²) in [6.45, 7) is 25.2. The van der Waals surface area contributed by atoms with Crippen LogP contribution < -0.4 is 0 Å². The summed E-state index contributed by atoms with van der Waals surface area (Å²) in [7, 11) is -2.47. The van der Waals surface area contributed by atoms with Crippen molar-refractivity contribution < 1.29 is 0 Å². The summed E-state index contributed by atoms with van der Waals surface area (Å²) in [4.78, 5) is 0. The van der Waals surface area contributed by atoms with Gasteiger partial charge in [-0.25, -0.2) is 0 Å². The van der Waals surface area contributed by atoms with E-state index in [0.29, 0.717) is 5.04 Å². The largest absolute Gasteiger partial charge is 0.0749 e. The van der Waals surface area contributed by atoms with Crippen molar-refractivity contribution in [2.75, 3.05) is 0 Å². The Kier molecular flexibility index (Phi) is 4.14. The zero-order valence-electron chi connectivity index (χ0n) is 14.1. The van der Waals surface area contributed by atoms with Crippen molar-refractivity contribution in [1.29, 1.82) is 0 Å². The van der Waals surface area contributed by atoms with Gasteiger partial charge in [-0.2, -0.15) is 0 Å². The molecule has 1 aliphatic carbocycles. The van der Waals surface area contributed by atoms with Crippen molar-refractivity contribution in [3.63, 3.8) is 0 Å². The van der Waals surface area contributed by atoms with Crippen molar-refractivity contribution >= 4 is 23.0 Å². The normalized spacial score (nSPS) is 26.1. The Hall–Kier alpha value is 0.131. The molecule has 1 aliphatic rings. The van der Waals surface area contributed by atoms with Crippen LogP contribution in [0.3, 0.4) is 0 Å². The van der Waals surface area contributed by atoms with Crippen LogP contribution in [0.15, 0.2) is 22.8 Å². The average Bonchev–Trinajstić information content (AvgIpc) is 2.25. The van der Waals surface area contributed by atoms with E-state index in [0.717, 1.165) is 0 Å². The van der Waals surface area contributed by atoms with Gasteiger partial charge in [-0.3, -0.25) is 0 Å². The molecule has 0 saturated heterocycles. The first-order valence-electron chi connectivity index (χ1n) is 7.08. The SMILES string of the molecule is CC1=CC(C)([Si]([Si](C)(C)C)[Si](C)(C)C)C(C)=C1C.